The van der Waals surface area contributed by atoms with Crippen LogP contribution in [0.3, 0.4) is 0 Å². The lowest BCUT2D eigenvalue weighted by Crippen LogP contribution is -2.48. The van der Waals surface area contributed by atoms with Crippen LogP contribution >= 0.6 is 0 Å². The number of ether oxygens (including phenoxy) is 1. The molecule has 1 aliphatic heterocycles. The molecule has 136 valence electrons. The maximum atomic E-state index is 12.5. The van der Waals surface area contributed by atoms with Crippen molar-refractivity contribution in [2.75, 3.05) is 38.1 Å². The van der Waals surface area contributed by atoms with E-state index in [2.05, 4.69) is 10.3 Å². The van der Waals surface area contributed by atoms with Gasteiger partial charge < -0.3 is 19.9 Å². The van der Waals surface area contributed by atoms with Crippen LogP contribution in [0.1, 0.15) is 17.4 Å². The van der Waals surface area contributed by atoms with Crippen LogP contribution in [0.25, 0.3) is 0 Å². The van der Waals surface area contributed by atoms with Gasteiger partial charge in [-0.15, -0.1) is 0 Å². The van der Waals surface area contributed by atoms with Gasteiger partial charge in [-0.2, -0.15) is 0 Å². The number of piperazine rings is 1. The zero-order chi connectivity index (χ0) is 18.4. The van der Waals surface area contributed by atoms with Gasteiger partial charge in [-0.1, -0.05) is 0 Å². The van der Waals surface area contributed by atoms with E-state index >= 15 is 0 Å². The van der Waals surface area contributed by atoms with Crippen molar-refractivity contribution in [2.24, 2.45) is 0 Å². The fraction of sp³-hybridized carbons (Fsp3) is 0.316. The zero-order valence-electron chi connectivity index (χ0n) is 14.7. The minimum Gasteiger partial charge on any atom is -0.494 e. The average Bonchev–Trinajstić information content (AvgIpc) is 2.70. The molecule has 1 fully saturated rings. The second-order valence-electron chi connectivity index (χ2n) is 5.95. The van der Waals surface area contributed by atoms with Crippen LogP contribution in [-0.4, -0.2) is 59.9 Å². The highest BCUT2D eigenvalue weighted by molar-refractivity contribution is 5.92. The third-order valence-electron chi connectivity index (χ3n) is 4.19. The van der Waals surface area contributed by atoms with Gasteiger partial charge in [0.1, 0.15) is 11.4 Å². The van der Waals surface area contributed by atoms with E-state index in [-0.39, 0.29) is 5.91 Å². The van der Waals surface area contributed by atoms with Crippen LogP contribution in [-0.2, 0) is 4.79 Å². The highest BCUT2D eigenvalue weighted by Gasteiger charge is 2.22. The number of carbonyl (C=O) groups is 2. The van der Waals surface area contributed by atoms with Crippen LogP contribution < -0.4 is 10.1 Å². The molecule has 1 saturated heterocycles. The average molecular weight is 354 g/mol. The quantitative estimate of drug-likeness (QED) is 0.805. The molecule has 7 nitrogen and oxygen atoms in total. The van der Waals surface area contributed by atoms with Crippen molar-refractivity contribution >= 4 is 23.7 Å². The van der Waals surface area contributed by atoms with E-state index in [0.717, 1.165) is 23.5 Å². The van der Waals surface area contributed by atoms with Crippen molar-refractivity contribution < 1.29 is 14.3 Å². The SMILES string of the molecule is CCOc1ccc(Nc2ccc(C(=O)N3CCN(C=O)CC3)nc2)cc1. The predicted octanol–water partition coefficient (Wildman–Crippen LogP) is 2.14. The van der Waals surface area contributed by atoms with Crippen molar-refractivity contribution in [1.29, 1.82) is 0 Å². The Labute approximate surface area is 152 Å². The van der Waals surface area contributed by atoms with Crippen LogP contribution in [0.5, 0.6) is 5.75 Å². The highest BCUT2D eigenvalue weighted by Crippen LogP contribution is 2.20. The largest absolute Gasteiger partial charge is 0.494 e. The summed E-state index contributed by atoms with van der Waals surface area (Å²) in [7, 11) is 0. The lowest BCUT2D eigenvalue weighted by atomic mass is 10.2. The number of nitrogens with zero attached hydrogens (tertiary/aromatic N) is 3. The van der Waals surface area contributed by atoms with E-state index in [1.807, 2.05) is 37.3 Å². The fourth-order valence-corrected chi connectivity index (χ4v) is 2.75. The summed E-state index contributed by atoms with van der Waals surface area (Å²) in [5.41, 5.74) is 2.12. The van der Waals surface area contributed by atoms with Crippen molar-refractivity contribution in [1.82, 2.24) is 14.8 Å². The molecule has 0 bridgehead atoms. The van der Waals surface area contributed by atoms with Gasteiger partial charge in [0.05, 0.1) is 18.5 Å². The van der Waals surface area contributed by atoms with Crippen LogP contribution in [0.2, 0.25) is 0 Å². The molecule has 26 heavy (non-hydrogen) atoms. The monoisotopic (exact) mass is 354 g/mol. The van der Waals surface area contributed by atoms with Gasteiger partial charge >= 0.3 is 0 Å². The standard InChI is InChI=1S/C19H22N4O3/c1-2-26-17-6-3-15(4-7-17)21-16-5-8-18(20-13-16)19(25)23-11-9-22(14-24)10-12-23/h3-8,13-14,21H,2,9-12H2,1H3. The first-order valence-corrected chi connectivity index (χ1v) is 8.64. The molecule has 0 aliphatic carbocycles. The minimum absolute atomic E-state index is 0.108. The summed E-state index contributed by atoms with van der Waals surface area (Å²) >= 11 is 0. The fourth-order valence-electron chi connectivity index (χ4n) is 2.75. The lowest BCUT2D eigenvalue weighted by Gasteiger charge is -2.32. The smallest absolute Gasteiger partial charge is 0.272 e. The number of benzene rings is 1. The number of hydrogen-bond acceptors (Lipinski definition) is 5. The number of hydrogen-bond donors (Lipinski definition) is 1. The molecule has 2 amide bonds. The summed E-state index contributed by atoms with van der Waals surface area (Å²) in [5, 5.41) is 3.24. The Morgan fingerprint density at radius 1 is 1.12 bits per heavy atom. The molecule has 0 saturated carbocycles. The first kappa shape index (κ1) is 17.7. The Bertz CT molecular complexity index is 738. The summed E-state index contributed by atoms with van der Waals surface area (Å²) < 4.78 is 5.42. The van der Waals surface area contributed by atoms with Crippen molar-refractivity contribution in [3.63, 3.8) is 0 Å². The van der Waals surface area contributed by atoms with Gasteiger partial charge in [0.2, 0.25) is 6.41 Å². The van der Waals surface area contributed by atoms with E-state index in [1.54, 1.807) is 22.1 Å². The van der Waals surface area contributed by atoms with Gasteiger partial charge in [-0.3, -0.25) is 9.59 Å². The minimum atomic E-state index is -0.108. The van der Waals surface area contributed by atoms with E-state index < -0.39 is 0 Å². The zero-order valence-corrected chi connectivity index (χ0v) is 14.7. The second-order valence-corrected chi connectivity index (χ2v) is 5.95. The first-order valence-electron chi connectivity index (χ1n) is 8.64. The number of amides is 2. The third kappa shape index (κ3) is 4.30. The number of carbonyl (C=O) groups excluding carboxylic acids is 2. The summed E-state index contributed by atoms with van der Waals surface area (Å²) in [6, 6.07) is 11.2. The van der Waals surface area contributed by atoms with Crippen LogP contribution in [0, 0.1) is 0 Å². The molecule has 7 heteroatoms. The topological polar surface area (TPSA) is 74.8 Å². The molecule has 1 aromatic heterocycles. The summed E-state index contributed by atoms with van der Waals surface area (Å²) in [6.07, 6.45) is 2.47. The van der Waals surface area contributed by atoms with Crippen molar-refractivity contribution in [3.05, 3.63) is 48.3 Å². The molecule has 1 N–H and O–H groups in total. The van der Waals surface area contributed by atoms with Gasteiger partial charge in [0.15, 0.2) is 0 Å². The summed E-state index contributed by atoms with van der Waals surface area (Å²) in [6.45, 7) is 4.77. The Morgan fingerprint density at radius 2 is 1.81 bits per heavy atom. The molecule has 3 rings (SSSR count). The van der Waals surface area contributed by atoms with E-state index in [4.69, 9.17) is 4.74 Å². The number of pyridine rings is 1. The molecule has 2 aromatic rings. The highest BCUT2D eigenvalue weighted by atomic mass is 16.5. The molecule has 2 heterocycles. The molecule has 0 unspecified atom stereocenters. The van der Waals surface area contributed by atoms with Gasteiger partial charge in [0, 0.05) is 31.9 Å². The number of rotatable bonds is 6. The second kappa shape index (κ2) is 8.33. The molecule has 1 aromatic carbocycles. The van der Waals surface area contributed by atoms with E-state index in [9.17, 15) is 9.59 Å². The van der Waals surface area contributed by atoms with Crippen molar-refractivity contribution in [3.8, 4) is 5.75 Å². The molecule has 0 atom stereocenters. The van der Waals surface area contributed by atoms with Gasteiger partial charge in [-0.05, 0) is 43.3 Å². The third-order valence-corrected chi connectivity index (χ3v) is 4.19. The Balaban J connectivity index is 1.59. The molecular weight excluding hydrogens is 332 g/mol. The van der Waals surface area contributed by atoms with E-state index in [0.29, 0.717) is 38.5 Å². The predicted molar refractivity (Wildman–Crippen MR) is 98.7 cm³/mol. The Morgan fingerprint density at radius 3 is 2.38 bits per heavy atom. The van der Waals surface area contributed by atoms with Gasteiger partial charge in [-0.25, -0.2) is 4.98 Å². The lowest BCUT2D eigenvalue weighted by molar-refractivity contribution is -0.119. The maximum absolute atomic E-state index is 12.5. The molecule has 0 spiro atoms. The van der Waals surface area contributed by atoms with Crippen molar-refractivity contribution in [2.45, 2.75) is 6.92 Å². The van der Waals surface area contributed by atoms with Crippen LogP contribution in [0.4, 0.5) is 11.4 Å². The normalized spacial score (nSPS) is 14.0. The van der Waals surface area contributed by atoms with Crippen LogP contribution in [0.15, 0.2) is 42.6 Å². The maximum Gasteiger partial charge on any atom is 0.272 e. The summed E-state index contributed by atoms with van der Waals surface area (Å²) in [5.74, 6) is 0.718. The number of nitrogens with one attached hydrogen (secondary N) is 1. The molecule has 1 aliphatic rings. The van der Waals surface area contributed by atoms with Gasteiger partial charge in [0.25, 0.3) is 5.91 Å². The Hall–Kier alpha value is -3.09. The number of aromatic nitrogens is 1. The summed E-state index contributed by atoms with van der Waals surface area (Å²) in [4.78, 5) is 30.9. The van der Waals surface area contributed by atoms with E-state index in [1.165, 1.54) is 0 Å². The number of anilines is 2. The molecule has 0 radical (unpaired) electrons. The molecular formula is C19H22N4O3. The Kier molecular flexibility index (Phi) is 5.68. The first-order chi connectivity index (χ1) is 12.7.